The Kier molecular flexibility index (Phi) is 5.38. The average Bonchev–Trinajstić information content (AvgIpc) is 2.93. The first-order valence-electron chi connectivity index (χ1n) is 6.83. The van der Waals surface area contributed by atoms with Crippen LogP contribution in [-0.4, -0.2) is 45.2 Å². The monoisotopic (exact) mass is 290 g/mol. The van der Waals surface area contributed by atoms with Crippen LogP contribution < -0.4 is 0 Å². The maximum absolute atomic E-state index is 10.4. The first-order chi connectivity index (χ1) is 9.04. The van der Waals surface area contributed by atoms with Crippen LogP contribution >= 0.6 is 0 Å². The number of hydrogen-bond donors (Lipinski definition) is 1. The molecule has 2 aliphatic carbocycles. The zero-order chi connectivity index (χ0) is 13.7. The number of ether oxygens (including phenoxy) is 2. The smallest absolute Gasteiger partial charge is 0.264 e. The molecular formula is C13H22O5S. The molecule has 1 fully saturated rings. The van der Waals surface area contributed by atoms with Crippen molar-refractivity contribution in [1.29, 1.82) is 0 Å². The number of rotatable bonds is 9. The van der Waals surface area contributed by atoms with E-state index in [0.29, 0.717) is 38.1 Å². The highest BCUT2D eigenvalue weighted by Crippen LogP contribution is 2.43. The fourth-order valence-corrected chi connectivity index (χ4v) is 3.37. The van der Waals surface area contributed by atoms with Gasteiger partial charge in [-0.15, -0.1) is 0 Å². The van der Waals surface area contributed by atoms with Crippen molar-refractivity contribution in [1.82, 2.24) is 0 Å². The minimum absolute atomic E-state index is 0.245. The Bertz CT molecular complexity index is 403. The van der Waals surface area contributed by atoms with E-state index >= 15 is 0 Å². The van der Waals surface area contributed by atoms with Gasteiger partial charge in [0.1, 0.15) is 0 Å². The minimum Gasteiger partial charge on any atom is -0.379 e. The number of hydrogen-bond acceptors (Lipinski definition) is 4. The van der Waals surface area contributed by atoms with Crippen molar-refractivity contribution in [3.63, 3.8) is 0 Å². The summed E-state index contributed by atoms with van der Waals surface area (Å²) in [7, 11) is -3.86. The molecule has 2 aliphatic rings. The molecule has 3 unspecified atom stereocenters. The second-order valence-electron chi connectivity index (χ2n) is 5.37. The van der Waals surface area contributed by atoms with Crippen molar-refractivity contribution in [2.45, 2.75) is 19.3 Å². The predicted octanol–water partition coefficient (Wildman–Crippen LogP) is 1.51. The Morgan fingerprint density at radius 2 is 1.89 bits per heavy atom. The third kappa shape index (κ3) is 5.22. The van der Waals surface area contributed by atoms with Crippen LogP contribution in [0.25, 0.3) is 0 Å². The van der Waals surface area contributed by atoms with Crippen LogP contribution in [0.4, 0.5) is 0 Å². The van der Waals surface area contributed by atoms with Gasteiger partial charge in [-0.25, -0.2) is 0 Å². The molecule has 0 spiro atoms. The molecule has 2 rings (SSSR count). The molecule has 3 atom stereocenters. The third-order valence-electron chi connectivity index (χ3n) is 3.81. The second kappa shape index (κ2) is 6.83. The Hall–Kier alpha value is -0.430. The fourth-order valence-electron chi connectivity index (χ4n) is 2.88. The van der Waals surface area contributed by atoms with Gasteiger partial charge in [0.2, 0.25) is 0 Å². The second-order valence-corrected chi connectivity index (χ2v) is 6.94. The van der Waals surface area contributed by atoms with Gasteiger partial charge in [-0.05, 0) is 37.0 Å². The molecule has 0 aromatic heterocycles. The highest BCUT2D eigenvalue weighted by molar-refractivity contribution is 7.85. The van der Waals surface area contributed by atoms with Crippen LogP contribution in [0.15, 0.2) is 12.2 Å². The van der Waals surface area contributed by atoms with Crippen molar-refractivity contribution in [3.8, 4) is 0 Å². The van der Waals surface area contributed by atoms with E-state index in [9.17, 15) is 8.42 Å². The lowest BCUT2D eigenvalue weighted by molar-refractivity contribution is 0.0300. The summed E-state index contributed by atoms with van der Waals surface area (Å²) in [6.45, 7) is 2.14. The van der Waals surface area contributed by atoms with Gasteiger partial charge in [-0.3, -0.25) is 4.55 Å². The van der Waals surface area contributed by atoms with Crippen molar-refractivity contribution < 1.29 is 22.4 Å². The van der Waals surface area contributed by atoms with E-state index in [0.717, 1.165) is 12.5 Å². The maximum atomic E-state index is 10.4. The van der Waals surface area contributed by atoms with Crippen LogP contribution in [0.1, 0.15) is 19.3 Å². The van der Waals surface area contributed by atoms with Crippen LogP contribution in [0.5, 0.6) is 0 Å². The predicted molar refractivity (Wildman–Crippen MR) is 71.5 cm³/mol. The lowest BCUT2D eigenvalue weighted by Crippen LogP contribution is -2.17. The molecule has 5 nitrogen and oxygen atoms in total. The molecule has 0 aliphatic heterocycles. The van der Waals surface area contributed by atoms with Crippen LogP contribution in [0.3, 0.4) is 0 Å². The van der Waals surface area contributed by atoms with E-state index in [1.807, 2.05) is 0 Å². The topological polar surface area (TPSA) is 72.8 Å². The van der Waals surface area contributed by atoms with E-state index in [1.165, 1.54) is 12.8 Å². The molecular weight excluding hydrogens is 268 g/mol. The Morgan fingerprint density at radius 3 is 2.53 bits per heavy atom. The van der Waals surface area contributed by atoms with E-state index in [2.05, 4.69) is 12.2 Å². The molecule has 0 aromatic rings. The minimum atomic E-state index is -3.86. The Morgan fingerprint density at radius 1 is 1.11 bits per heavy atom. The lowest BCUT2D eigenvalue weighted by Gasteiger charge is -2.17. The van der Waals surface area contributed by atoms with Gasteiger partial charge >= 0.3 is 0 Å². The standard InChI is InChI=1S/C13H22O5S/c14-19(15,16)7-1-4-17-5-6-18-10-13-9-11-2-3-12(13)8-11/h2-3,11-13H,1,4-10H2,(H,14,15,16). The summed E-state index contributed by atoms with van der Waals surface area (Å²) in [4.78, 5) is 0. The van der Waals surface area contributed by atoms with Crippen LogP contribution in [0.2, 0.25) is 0 Å². The summed E-state index contributed by atoms with van der Waals surface area (Å²) in [5.74, 6) is 1.90. The quantitative estimate of drug-likeness (QED) is 0.396. The zero-order valence-corrected chi connectivity index (χ0v) is 11.8. The molecule has 1 N–H and O–H groups in total. The molecule has 2 bridgehead atoms. The molecule has 1 saturated carbocycles. The molecule has 0 aromatic carbocycles. The summed E-state index contributed by atoms with van der Waals surface area (Å²) in [5.41, 5.74) is 0. The van der Waals surface area contributed by atoms with Gasteiger partial charge in [-0.2, -0.15) is 8.42 Å². The zero-order valence-electron chi connectivity index (χ0n) is 11.0. The van der Waals surface area contributed by atoms with Gasteiger partial charge < -0.3 is 9.47 Å². The van der Waals surface area contributed by atoms with Gasteiger partial charge in [0.15, 0.2) is 0 Å². The molecule has 0 amide bonds. The molecule has 0 saturated heterocycles. The van der Waals surface area contributed by atoms with Gasteiger partial charge in [-0.1, -0.05) is 12.2 Å². The van der Waals surface area contributed by atoms with Gasteiger partial charge in [0.25, 0.3) is 10.1 Å². The first kappa shape index (κ1) is 15.0. The van der Waals surface area contributed by atoms with Crippen LogP contribution in [-0.2, 0) is 19.6 Å². The Labute approximate surface area is 114 Å². The fraction of sp³-hybridized carbons (Fsp3) is 0.846. The van der Waals surface area contributed by atoms with Crippen molar-refractivity contribution in [2.24, 2.45) is 17.8 Å². The Balaban J connectivity index is 1.42. The average molecular weight is 290 g/mol. The normalized spacial score (nSPS) is 29.2. The molecule has 0 radical (unpaired) electrons. The molecule has 0 heterocycles. The van der Waals surface area contributed by atoms with E-state index in [-0.39, 0.29) is 5.75 Å². The summed E-state index contributed by atoms with van der Waals surface area (Å²) < 4.78 is 40.2. The lowest BCUT2D eigenvalue weighted by atomic mass is 9.95. The first-order valence-corrected chi connectivity index (χ1v) is 8.44. The summed E-state index contributed by atoms with van der Waals surface area (Å²) >= 11 is 0. The van der Waals surface area contributed by atoms with E-state index in [4.69, 9.17) is 14.0 Å². The van der Waals surface area contributed by atoms with Crippen LogP contribution in [0, 0.1) is 17.8 Å². The van der Waals surface area contributed by atoms with Crippen molar-refractivity contribution in [3.05, 3.63) is 12.2 Å². The number of fused-ring (bicyclic) bond motifs is 2. The third-order valence-corrected chi connectivity index (χ3v) is 4.62. The largest absolute Gasteiger partial charge is 0.379 e. The molecule has 110 valence electrons. The van der Waals surface area contributed by atoms with Gasteiger partial charge in [0.05, 0.1) is 25.6 Å². The molecule has 6 heteroatoms. The highest BCUT2D eigenvalue weighted by atomic mass is 32.2. The summed E-state index contributed by atoms with van der Waals surface area (Å²) in [6.07, 6.45) is 7.49. The van der Waals surface area contributed by atoms with E-state index < -0.39 is 10.1 Å². The SMILES string of the molecule is O=S(=O)(O)CCCOCCOCC1CC2C=CC1C2. The number of allylic oxidation sites excluding steroid dienone is 2. The summed E-state index contributed by atoms with van der Waals surface area (Å²) in [6, 6.07) is 0. The maximum Gasteiger partial charge on any atom is 0.264 e. The van der Waals surface area contributed by atoms with Gasteiger partial charge in [0, 0.05) is 6.61 Å². The highest BCUT2D eigenvalue weighted by Gasteiger charge is 2.35. The van der Waals surface area contributed by atoms with Crippen molar-refractivity contribution in [2.75, 3.05) is 32.2 Å². The van der Waals surface area contributed by atoms with E-state index in [1.54, 1.807) is 0 Å². The van der Waals surface area contributed by atoms with Crippen molar-refractivity contribution >= 4 is 10.1 Å². The molecule has 19 heavy (non-hydrogen) atoms. The summed E-state index contributed by atoms with van der Waals surface area (Å²) in [5, 5.41) is 0.